The molecule has 0 heterocycles. The predicted molar refractivity (Wildman–Crippen MR) is 346 cm³/mol. The van der Waals surface area contributed by atoms with Gasteiger partial charge in [0.1, 0.15) is 42.0 Å². The number of amides is 10. The molecule has 0 unspecified atom stereocenters. The maximum atomic E-state index is 13.7. The van der Waals surface area contributed by atoms with E-state index >= 15 is 0 Å². The fourth-order valence-electron chi connectivity index (χ4n) is 8.34. The fraction of sp³-hybridized carbons (Fsp3) is 0.394. The van der Waals surface area contributed by atoms with Gasteiger partial charge in [0, 0.05) is 24.5 Å². The summed E-state index contributed by atoms with van der Waals surface area (Å²) in [6.45, 7) is 16.6. The molecule has 0 aliphatic carbocycles. The van der Waals surface area contributed by atoms with E-state index in [0.717, 1.165) is 0 Å². The van der Waals surface area contributed by atoms with Gasteiger partial charge in [-0.2, -0.15) is 26.3 Å². The lowest BCUT2D eigenvalue weighted by Crippen LogP contribution is -2.55. The van der Waals surface area contributed by atoms with Crippen LogP contribution >= 0.6 is 0 Å². The number of nitrogens with two attached hydrogens (primary N) is 2. The third-order valence-corrected chi connectivity index (χ3v) is 13.5. The molecule has 5 rings (SSSR count). The monoisotopic (exact) mass is 1560 g/mol. The van der Waals surface area contributed by atoms with Crippen molar-refractivity contribution in [3.05, 3.63) is 147 Å². The topological polar surface area (TPSA) is 395 Å². The van der Waals surface area contributed by atoms with Crippen LogP contribution in [0.3, 0.4) is 0 Å². The first-order chi connectivity index (χ1) is 50.1. The van der Waals surface area contributed by atoms with Crippen LogP contribution in [0.4, 0.5) is 106 Å². The molecule has 0 aromatic heterocycles. The lowest BCUT2D eigenvalue weighted by molar-refractivity contribution is -0.128. The number of alkyl carbamates (subject to hydrolysis) is 2. The Kier molecular flexibility index (Phi) is 34.3. The molecule has 594 valence electrons. The first-order valence-corrected chi connectivity index (χ1v) is 31.5. The number of ether oxygens (including phenoxy) is 6. The quantitative estimate of drug-likeness (QED) is 0.00466. The number of carbonyl (C=O) groups is 10. The summed E-state index contributed by atoms with van der Waals surface area (Å²) < 4.78 is 224. The van der Waals surface area contributed by atoms with Gasteiger partial charge in [-0.3, -0.25) is 19.2 Å². The van der Waals surface area contributed by atoms with Gasteiger partial charge < -0.3 is 87.5 Å². The number of urea groups is 2. The van der Waals surface area contributed by atoms with Crippen molar-refractivity contribution in [3.8, 4) is 17.2 Å². The fourth-order valence-corrected chi connectivity index (χ4v) is 8.34. The van der Waals surface area contributed by atoms with Crippen molar-refractivity contribution >= 4 is 71.6 Å². The van der Waals surface area contributed by atoms with Crippen LogP contribution in [-0.2, 0) is 46.6 Å². The van der Waals surface area contributed by atoms with Gasteiger partial charge in [-0.1, -0.05) is 52.0 Å². The molecule has 4 atom stereocenters. The van der Waals surface area contributed by atoms with Crippen molar-refractivity contribution in [2.45, 2.75) is 144 Å². The Bertz CT molecular complexity index is 3920. The van der Waals surface area contributed by atoms with Gasteiger partial charge in [0.05, 0.1) is 6.61 Å². The van der Waals surface area contributed by atoms with Gasteiger partial charge in [0.15, 0.2) is 0 Å². The SMILES string of the molecule is CC(C)[C@H](NC(=O)OC(C)(C)C)C(=O)N[C@@H](CCCNC(N)=O)C(=O)Nc1ccc(CO)cc1.CC(C)[C@H](NC(=O)OC(C)(C)C)C(=O)N[C@@H](CCCNC(N)=O)C(=O)Nc1ccc(COC(=O)Oc2c(F)c(F)c(F)c(F)c2F)cc1.O=C(Oc1c(F)c(F)c(F)c(F)c1F)Oc1c(F)c(F)c(F)c(F)c1F. The molecule has 5 aromatic carbocycles. The lowest BCUT2D eigenvalue weighted by atomic mass is 10.0. The molecule has 0 bridgehead atoms. The Morgan fingerprint density at radius 3 is 0.944 bits per heavy atom. The van der Waals surface area contributed by atoms with Crippen molar-refractivity contribution in [2.75, 3.05) is 23.7 Å². The summed E-state index contributed by atoms with van der Waals surface area (Å²) in [7, 11) is 0. The molecule has 13 N–H and O–H groups in total. The number of hydrogen-bond acceptors (Lipinski definition) is 17. The van der Waals surface area contributed by atoms with E-state index in [1.807, 2.05) is 0 Å². The Hall–Kier alpha value is -11.5. The van der Waals surface area contributed by atoms with Crippen molar-refractivity contribution in [3.63, 3.8) is 0 Å². The second-order valence-electron chi connectivity index (χ2n) is 25.0. The van der Waals surface area contributed by atoms with Gasteiger partial charge in [0.25, 0.3) is 0 Å². The number of aliphatic hydroxyl groups is 1. The number of aliphatic hydroxyl groups excluding tert-OH is 1. The normalized spacial score (nSPS) is 12.2. The Morgan fingerprint density at radius 2 is 0.676 bits per heavy atom. The average molecular weight is 1560 g/mol. The van der Waals surface area contributed by atoms with Crippen LogP contribution in [0.2, 0.25) is 0 Å². The summed E-state index contributed by atoms with van der Waals surface area (Å²) >= 11 is 0. The van der Waals surface area contributed by atoms with Gasteiger partial charge >= 0.3 is 36.6 Å². The molecule has 0 saturated heterocycles. The molecule has 0 spiro atoms. The molecule has 0 saturated carbocycles. The highest BCUT2D eigenvalue weighted by Crippen LogP contribution is 2.33. The standard InChI is InChI=1S/C30H36F5N5O8.C23H37N5O6.C13F10O3/c1-14(2)23(40-28(44)48-30(3,4)5)26(42)39-17(7-6-12-37-27(36)43)25(41)38-16-10-8-15(9-11-16)13-46-29(45)47-24-21(34)19(32)18(31)20(33)22(24)35;1-14(2)18(28-22(33)34-23(3,4)5)20(31)27-17(7-6-12-25-21(24)32)19(30)26-16-10-8-15(13-29)9-11-16;14-1-3(16)7(20)11(8(21)4(1)17)25-13(24)26-12-9(22)5(18)2(15)6(19)10(12)23/h8-11,14,17,23H,6-7,12-13H2,1-5H3,(H,38,41)(H,39,42)(H,40,44)(H3,36,37,43);8-11,14,17-18,29H,6-7,12-13H2,1-5H3,(H,26,30)(H,27,31)(H,28,33)(H3,24,25,32);/t17-,23-;17-,18-;/m00./s1. The third kappa shape index (κ3) is 28.1. The highest BCUT2D eigenvalue weighted by atomic mass is 19.2. The molecule has 42 heteroatoms. The zero-order valence-electron chi connectivity index (χ0n) is 58.5. The molecule has 10 amide bonds. The maximum Gasteiger partial charge on any atom is 0.519 e. The van der Waals surface area contributed by atoms with Crippen LogP contribution in [-0.4, -0.2) is 114 Å². The second kappa shape index (κ2) is 40.9. The van der Waals surface area contributed by atoms with Crippen LogP contribution < -0.4 is 68.2 Å². The summed E-state index contributed by atoms with van der Waals surface area (Å²) in [5, 5.41) is 29.6. The van der Waals surface area contributed by atoms with Crippen LogP contribution in [0.25, 0.3) is 0 Å². The van der Waals surface area contributed by atoms with E-state index in [1.165, 1.54) is 24.3 Å². The van der Waals surface area contributed by atoms with Gasteiger partial charge in [-0.05, 0) is 114 Å². The van der Waals surface area contributed by atoms with E-state index in [1.54, 1.807) is 93.5 Å². The minimum absolute atomic E-state index is 0.0478. The van der Waals surface area contributed by atoms with Crippen LogP contribution in [0.1, 0.15) is 106 Å². The van der Waals surface area contributed by atoms with Crippen LogP contribution in [0.15, 0.2) is 48.5 Å². The molecule has 0 aliphatic rings. The Balaban J connectivity index is 0.000000441. The van der Waals surface area contributed by atoms with Crippen molar-refractivity contribution in [1.29, 1.82) is 0 Å². The van der Waals surface area contributed by atoms with E-state index in [0.29, 0.717) is 17.7 Å². The number of nitrogens with one attached hydrogen (secondary N) is 8. The highest BCUT2D eigenvalue weighted by Gasteiger charge is 2.36. The molecular formula is C66H73F15N10O17. The van der Waals surface area contributed by atoms with E-state index < -0.39 is 213 Å². The lowest BCUT2D eigenvalue weighted by Gasteiger charge is -2.27. The summed E-state index contributed by atoms with van der Waals surface area (Å²) in [5.74, 6) is -47.1. The van der Waals surface area contributed by atoms with E-state index in [2.05, 4.69) is 61.5 Å². The number of benzene rings is 5. The molecule has 0 aliphatic heterocycles. The van der Waals surface area contributed by atoms with E-state index in [-0.39, 0.29) is 56.1 Å². The molecule has 0 fully saturated rings. The summed E-state index contributed by atoms with van der Waals surface area (Å²) in [6.07, 6.45) is -5.04. The second-order valence-corrected chi connectivity index (χ2v) is 25.0. The number of rotatable bonds is 26. The number of halogens is 15. The van der Waals surface area contributed by atoms with E-state index in [9.17, 15) is 114 Å². The molecule has 108 heavy (non-hydrogen) atoms. The number of primary amides is 2. The summed E-state index contributed by atoms with van der Waals surface area (Å²) in [6, 6.07) is 6.53. The van der Waals surface area contributed by atoms with E-state index in [4.69, 9.17) is 26.0 Å². The number of hydrogen-bond donors (Lipinski definition) is 11. The molecular weight excluding hydrogens is 1490 g/mol. The zero-order valence-corrected chi connectivity index (χ0v) is 58.5. The van der Waals surface area contributed by atoms with Crippen molar-refractivity contribution in [1.82, 2.24) is 31.9 Å². The smallest absolute Gasteiger partial charge is 0.444 e. The number of carbonyl (C=O) groups excluding carboxylic acids is 10. The molecule has 0 radical (unpaired) electrons. The van der Waals surface area contributed by atoms with Gasteiger partial charge in [0.2, 0.25) is 128 Å². The Morgan fingerprint density at radius 1 is 0.398 bits per heavy atom. The van der Waals surface area contributed by atoms with Gasteiger partial charge in [-0.25, -0.2) is 68.3 Å². The first-order valence-electron chi connectivity index (χ1n) is 31.5. The van der Waals surface area contributed by atoms with Crippen LogP contribution in [0, 0.1) is 99.1 Å². The predicted octanol–water partition coefficient (Wildman–Crippen LogP) is 10.8. The largest absolute Gasteiger partial charge is 0.519 e. The molecule has 5 aromatic rings. The Labute approximate surface area is 603 Å². The van der Waals surface area contributed by atoms with Crippen molar-refractivity contribution < 1.29 is 147 Å². The number of anilines is 2. The maximum absolute atomic E-state index is 13.7. The minimum atomic E-state index is -2.62. The minimum Gasteiger partial charge on any atom is -0.444 e. The molecule has 27 nitrogen and oxygen atoms in total. The van der Waals surface area contributed by atoms with Crippen LogP contribution in [0.5, 0.6) is 17.2 Å². The zero-order chi connectivity index (χ0) is 82.2. The average Bonchev–Trinajstić information content (AvgIpc) is 0.848. The van der Waals surface area contributed by atoms with Crippen molar-refractivity contribution in [2.24, 2.45) is 23.3 Å². The third-order valence-electron chi connectivity index (χ3n) is 13.5. The van der Waals surface area contributed by atoms with Gasteiger partial charge in [-0.15, -0.1) is 0 Å². The first kappa shape index (κ1) is 90.7. The summed E-state index contributed by atoms with van der Waals surface area (Å²) in [5.41, 5.74) is 10.2. The highest BCUT2D eigenvalue weighted by molar-refractivity contribution is 5.99. The summed E-state index contributed by atoms with van der Waals surface area (Å²) in [4.78, 5) is 122.